The molecule has 0 aliphatic rings. The smallest absolute Gasteiger partial charge is 0.101 e. The third-order valence-corrected chi connectivity index (χ3v) is 5.29. The Morgan fingerprint density at radius 2 is 1.89 bits per heavy atom. The summed E-state index contributed by atoms with van der Waals surface area (Å²) < 4.78 is 0.852. The van der Waals surface area contributed by atoms with Crippen LogP contribution in [0.4, 0.5) is 0 Å². The topological polar surface area (TPSA) is 33.1 Å². The van der Waals surface area contributed by atoms with Gasteiger partial charge >= 0.3 is 0 Å². The molecule has 2 nitrogen and oxygen atoms in total. The summed E-state index contributed by atoms with van der Waals surface area (Å²) in [6.07, 6.45) is 1.60. The highest BCUT2D eigenvalue weighted by molar-refractivity contribution is 7.20. The van der Waals surface area contributed by atoms with Gasteiger partial charge in [0, 0.05) is 16.6 Å². The van der Waals surface area contributed by atoms with Crippen molar-refractivity contribution in [2.45, 2.75) is 39.2 Å². The van der Waals surface area contributed by atoms with Crippen LogP contribution < -0.4 is 0 Å². The molecule has 18 heavy (non-hydrogen) atoms. The molecule has 0 fully saturated rings. The van der Waals surface area contributed by atoms with E-state index in [2.05, 4.69) is 18.8 Å². The quantitative estimate of drug-likeness (QED) is 0.851. The molecular weight excluding hydrogens is 289 g/mol. The number of fused-ring (bicyclic) bond motifs is 1. The fraction of sp³-hybridized carbons (Fsp3) is 0.462. The summed E-state index contributed by atoms with van der Waals surface area (Å²) in [6.45, 7) is 7.56. The molecule has 0 bridgehead atoms. The maximum Gasteiger partial charge on any atom is 0.101 e. The van der Waals surface area contributed by atoms with Crippen molar-refractivity contribution < 1.29 is 5.11 Å². The monoisotopic (exact) mass is 303 g/mol. The SMILES string of the molecule is CC(C)c1sc2c(Cl)c(C(C)(C)O)cnc2c1Cl. The molecule has 1 N–H and O–H groups in total. The normalized spacial score (nSPS) is 12.7. The molecular formula is C13H15Cl2NOS. The maximum atomic E-state index is 10.1. The van der Waals surface area contributed by atoms with Gasteiger partial charge in [-0.15, -0.1) is 11.3 Å². The molecule has 2 rings (SSSR count). The largest absolute Gasteiger partial charge is 0.386 e. The van der Waals surface area contributed by atoms with Gasteiger partial charge in [0.05, 0.1) is 20.3 Å². The van der Waals surface area contributed by atoms with Crippen molar-refractivity contribution >= 4 is 44.8 Å². The molecule has 0 unspecified atom stereocenters. The number of aromatic nitrogens is 1. The molecule has 0 radical (unpaired) electrons. The first-order valence-electron chi connectivity index (χ1n) is 5.72. The van der Waals surface area contributed by atoms with Crippen molar-refractivity contribution in [1.82, 2.24) is 4.98 Å². The van der Waals surface area contributed by atoms with Crippen molar-refractivity contribution in [2.24, 2.45) is 0 Å². The van der Waals surface area contributed by atoms with Gasteiger partial charge in [0.25, 0.3) is 0 Å². The third kappa shape index (κ3) is 2.25. The third-order valence-electron chi connectivity index (χ3n) is 2.79. The number of pyridine rings is 1. The summed E-state index contributed by atoms with van der Waals surface area (Å²) in [5.41, 5.74) is 0.348. The van der Waals surface area contributed by atoms with Crippen LogP contribution in [0.25, 0.3) is 10.2 Å². The maximum absolute atomic E-state index is 10.1. The van der Waals surface area contributed by atoms with Crippen LogP contribution in [0.5, 0.6) is 0 Å². The minimum Gasteiger partial charge on any atom is -0.386 e. The number of hydrogen-bond donors (Lipinski definition) is 1. The number of aliphatic hydroxyl groups is 1. The van der Waals surface area contributed by atoms with Crippen LogP contribution in [0.3, 0.4) is 0 Å². The molecule has 98 valence electrons. The summed E-state index contributed by atoms with van der Waals surface area (Å²) in [5, 5.41) is 11.3. The van der Waals surface area contributed by atoms with Gasteiger partial charge in [-0.2, -0.15) is 0 Å². The van der Waals surface area contributed by atoms with Crippen LogP contribution in [0, 0.1) is 0 Å². The molecule has 5 heteroatoms. The van der Waals surface area contributed by atoms with Gasteiger partial charge in [-0.3, -0.25) is 4.98 Å². The van der Waals surface area contributed by atoms with Gasteiger partial charge in [0.15, 0.2) is 0 Å². The predicted molar refractivity (Wildman–Crippen MR) is 79.0 cm³/mol. The Kier molecular flexibility index (Phi) is 3.63. The zero-order chi connectivity index (χ0) is 13.7. The molecule has 0 saturated heterocycles. The second kappa shape index (κ2) is 4.64. The molecule has 0 aliphatic heterocycles. The van der Waals surface area contributed by atoms with E-state index < -0.39 is 5.60 Å². The number of hydrogen-bond acceptors (Lipinski definition) is 3. The van der Waals surface area contributed by atoms with E-state index in [1.807, 2.05) is 0 Å². The molecule has 0 spiro atoms. The van der Waals surface area contributed by atoms with Crippen LogP contribution in [0.2, 0.25) is 10.0 Å². The number of halogens is 2. The highest BCUT2D eigenvalue weighted by atomic mass is 35.5. The van der Waals surface area contributed by atoms with E-state index in [-0.39, 0.29) is 0 Å². The highest BCUT2D eigenvalue weighted by Crippen LogP contribution is 2.43. The number of thiophene rings is 1. The van der Waals surface area contributed by atoms with Gasteiger partial charge in [0.2, 0.25) is 0 Å². The Morgan fingerprint density at radius 1 is 1.28 bits per heavy atom. The molecule has 2 aromatic rings. The lowest BCUT2D eigenvalue weighted by Gasteiger charge is -2.18. The first kappa shape index (κ1) is 14.1. The van der Waals surface area contributed by atoms with Gasteiger partial charge < -0.3 is 5.11 Å². The first-order chi connectivity index (χ1) is 8.23. The minimum absolute atomic E-state index is 0.332. The van der Waals surface area contributed by atoms with Gasteiger partial charge in [-0.25, -0.2) is 0 Å². The zero-order valence-electron chi connectivity index (χ0n) is 10.7. The van der Waals surface area contributed by atoms with Gasteiger partial charge in [-0.1, -0.05) is 37.0 Å². The second-order valence-electron chi connectivity index (χ2n) is 5.16. The van der Waals surface area contributed by atoms with Crippen LogP contribution >= 0.6 is 34.5 Å². The summed E-state index contributed by atoms with van der Waals surface area (Å²) in [6, 6.07) is 0. The van der Waals surface area contributed by atoms with E-state index in [1.54, 1.807) is 31.4 Å². The van der Waals surface area contributed by atoms with E-state index in [1.165, 1.54) is 0 Å². The van der Waals surface area contributed by atoms with Gasteiger partial charge in [-0.05, 0) is 19.8 Å². The molecule has 0 saturated carbocycles. The molecule has 2 aromatic heterocycles. The molecule has 0 aliphatic carbocycles. The van der Waals surface area contributed by atoms with E-state index >= 15 is 0 Å². The van der Waals surface area contributed by atoms with Crippen LogP contribution in [0.1, 0.15) is 44.1 Å². The van der Waals surface area contributed by atoms with Crippen LogP contribution in [-0.4, -0.2) is 10.1 Å². The summed E-state index contributed by atoms with van der Waals surface area (Å²) in [4.78, 5) is 5.42. The lowest BCUT2D eigenvalue weighted by molar-refractivity contribution is 0.0785. The van der Waals surface area contributed by atoms with Crippen molar-refractivity contribution in [3.05, 3.63) is 26.7 Å². The fourth-order valence-electron chi connectivity index (χ4n) is 1.79. The minimum atomic E-state index is -1.01. The van der Waals surface area contributed by atoms with E-state index in [4.69, 9.17) is 23.2 Å². The van der Waals surface area contributed by atoms with E-state index in [0.29, 0.717) is 21.5 Å². The molecule has 0 aromatic carbocycles. The summed E-state index contributed by atoms with van der Waals surface area (Å²) >= 11 is 14.2. The van der Waals surface area contributed by atoms with E-state index in [9.17, 15) is 5.11 Å². The highest BCUT2D eigenvalue weighted by Gasteiger charge is 2.24. The molecule has 2 heterocycles. The Balaban J connectivity index is 2.76. The zero-order valence-corrected chi connectivity index (χ0v) is 13.0. The van der Waals surface area contributed by atoms with E-state index in [0.717, 1.165) is 15.1 Å². The van der Waals surface area contributed by atoms with Gasteiger partial charge in [0.1, 0.15) is 5.52 Å². The van der Waals surface area contributed by atoms with Crippen LogP contribution in [0.15, 0.2) is 6.20 Å². The average Bonchev–Trinajstić information content (AvgIpc) is 2.56. The number of nitrogens with zero attached hydrogens (tertiary/aromatic N) is 1. The Hall–Kier alpha value is -0.350. The number of rotatable bonds is 2. The lowest BCUT2D eigenvalue weighted by atomic mass is 10.0. The van der Waals surface area contributed by atoms with Crippen molar-refractivity contribution in [3.8, 4) is 0 Å². The standard InChI is InChI=1S/C13H15Cl2NOS/c1-6(2)11-9(15)10-12(18-11)8(14)7(5-16-10)13(3,4)17/h5-6,17H,1-4H3. The Bertz CT molecular complexity index is 599. The molecule has 0 atom stereocenters. The fourth-order valence-corrected chi connectivity index (χ4v) is 3.90. The van der Waals surface area contributed by atoms with Crippen molar-refractivity contribution in [1.29, 1.82) is 0 Å². The summed E-state index contributed by atoms with van der Waals surface area (Å²) in [7, 11) is 0. The Morgan fingerprint density at radius 3 is 2.39 bits per heavy atom. The van der Waals surface area contributed by atoms with Crippen molar-refractivity contribution in [2.75, 3.05) is 0 Å². The molecule has 0 amide bonds. The lowest BCUT2D eigenvalue weighted by Crippen LogP contribution is -2.16. The summed E-state index contributed by atoms with van der Waals surface area (Å²) in [5.74, 6) is 0.332. The first-order valence-corrected chi connectivity index (χ1v) is 7.30. The second-order valence-corrected chi connectivity index (χ2v) is 6.97. The van der Waals surface area contributed by atoms with Crippen LogP contribution in [-0.2, 0) is 5.60 Å². The van der Waals surface area contributed by atoms with Crippen molar-refractivity contribution in [3.63, 3.8) is 0 Å². The predicted octanol–water partition coefficient (Wildman–Crippen LogP) is 4.95. The average molecular weight is 304 g/mol. The Labute approximate surface area is 121 Å².